The first kappa shape index (κ1) is 21.1. The molecule has 1 N–H and O–H groups in total. The SMILES string of the molecule is CC(C)CC(=O)N1CCN(c2cc3c(cc2F)c(=O)c(OC(=O)O)cn3C2CC2)CC1. The Bertz CT molecular complexity index is 1080. The van der Waals surface area contributed by atoms with Gasteiger partial charge in [-0.2, -0.15) is 0 Å². The van der Waals surface area contributed by atoms with E-state index in [0.717, 1.165) is 18.9 Å². The lowest BCUT2D eigenvalue weighted by molar-refractivity contribution is -0.132. The number of hydrogen-bond acceptors (Lipinski definition) is 5. The summed E-state index contributed by atoms with van der Waals surface area (Å²) in [6.45, 7) is 6.05. The first-order valence-electron chi connectivity index (χ1n) is 10.6. The van der Waals surface area contributed by atoms with Crippen molar-refractivity contribution in [2.45, 2.75) is 39.2 Å². The number of halogens is 1. The molecule has 0 spiro atoms. The fraction of sp³-hybridized carbons (Fsp3) is 0.500. The maximum atomic E-state index is 15.0. The molecule has 166 valence electrons. The number of amides is 1. The van der Waals surface area contributed by atoms with E-state index in [2.05, 4.69) is 4.74 Å². The van der Waals surface area contributed by atoms with Gasteiger partial charge in [-0.25, -0.2) is 9.18 Å². The number of benzene rings is 1. The minimum Gasteiger partial charge on any atom is -0.449 e. The summed E-state index contributed by atoms with van der Waals surface area (Å²) >= 11 is 0. The van der Waals surface area contributed by atoms with E-state index >= 15 is 4.39 Å². The van der Waals surface area contributed by atoms with Crippen molar-refractivity contribution in [1.29, 1.82) is 0 Å². The number of piperazine rings is 1. The maximum absolute atomic E-state index is 15.0. The standard InChI is InChI=1S/C22H26FN3O5/c1-13(2)9-20(27)25-7-5-24(6-8-25)18-11-17-15(10-16(18)23)21(28)19(31-22(29)30)12-26(17)14-3-4-14/h10-14H,3-9H2,1-2H3,(H,29,30). The molecule has 2 fully saturated rings. The van der Waals surface area contributed by atoms with E-state index in [-0.39, 0.29) is 29.0 Å². The fourth-order valence-corrected chi connectivity index (χ4v) is 4.07. The van der Waals surface area contributed by atoms with Gasteiger partial charge in [0.2, 0.25) is 11.3 Å². The van der Waals surface area contributed by atoms with Crippen LogP contribution in [0.2, 0.25) is 0 Å². The maximum Gasteiger partial charge on any atom is 0.511 e. The predicted molar refractivity (Wildman–Crippen MR) is 113 cm³/mol. The molecular formula is C22H26FN3O5. The molecule has 0 bridgehead atoms. The zero-order valence-electron chi connectivity index (χ0n) is 17.6. The van der Waals surface area contributed by atoms with E-state index in [0.29, 0.717) is 43.8 Å². The van der Waals surface area contributed by atoms with Gasteiger partial charge in [-0.05, 0) is 30.9 Å². The van der Waals surface area contributed by atoms with Crippen molar-refractivity contribution in [3.05, 3.63) is 34.4 Å². The van der Waals surface area contributed by atoms with Gasteiger partial charge in [-0.3, -0.25) is 9.59 Å². The molecule has 0 unspecified atom stereocenters. The van der Waals surface area contributed by atoms with E-state index in [1.807, 2.05) is 23.6 Å². The van der Waals surface area contributed by atoms with Gasteiger partial charge in [0.1, 0.15) is 5.82 Å². The summed E-state index contributed by atoms with van der Waals surface area (Å²) < 4.78 is 21.5. The Morgan fingerprint density at radius 3 is 2.45 bits per heavy atom. The summed E-state index contributed by atoms with van der Waals surface area (Å²) in [4.78, 5) is 39.6. The van der Waals surface area contributed by atoms with Crippen LogP contribution in [0.15, 0.2) is 23.1 Å². The number of pyridine rings is 1. The molecule has 1 saturated heterocycles. The summed E-state index contributed by atoms with van der Waals surface area (Å²) in [7, 11) is 0. The molecule has 0 radical (unpaired) electrons. The predicted octanol–water partition coefficient (Wildman–Crippen LogP) is 3.23. The third kappa shape index (κ3) is 4.35. The monoisotopic (exact) mass is 431 g/mol. The Balaban J connectivity index is 1.65. The molecular weight excluding hydrogens is 405 g/mol. The van der Waals surface area contributed by atoms with Gasteiger partial charge in [-0.15, -0.1) is 0 Å². The summed E-state index contributed by atoms with van der Waals surface area (Å²) in [5.74, 6) is -0.475. The van der Waals surface area contributed by atoms with Gasteiger partial charge in [0.15, 0.2) is 5.75 Å². The number of carboxylic acid groups (broad SMARTS) is 1. The highest BCUT2D eigenvalue weighted by Gasteiger charge is 2.28. The van der Waals surface area contributed by atoms with Gasteiger partial charge < -0.3 is 24.2 Å². The Hall–Kier alpha value is -3.10. The number of nitrogens with zero attached hydrogens (tertiary/aromatic N) is 3. The second kappa shape index (κ2) is 8.20. The third-order valence-electron chi connectivity index (χ3n) is 5.76. The lowest BCUT2D eigenvalue weighted by Gasteiger charge is -2.36. The molecule has 1 aliphatic heterocycles. The van der Waals surface area contributed by atoms with Crippen LogP contribution in [0, 0.1) is 11.7 Å². The van der Waals surface area contributed by atoms with E-state index in [4.69, 9.17) is 5.11 Å². The summed E-state index contributed by atoms with van der Waals surface area (Å²) in [5, 5.41) is 9.00. The Labute approximate surface area is 178 Å². The highest BCUT2D eigenvalue weighted by Crippen LogP contribution is 2.39. The van der Waals surface area contributed by atoms with E-state index < -0.39 is 17.4 Å². The number of carbonyl (C=O) groups excluding carboxylic acids is 1. The molecule has 1 saturated carbocycles. The van der Waals surface area contributed by atoms with Crippen molar-refractivity contribution in [3.63, 3.8) is 0 Å². The van der Waals surface area contributed by atoms with Crippen molar-refractivity contribution in [3.8, 4) is 5.75 Å². The van der Waals surface area contributed by atoms with Crippen LogP contribution in [0.3, 0.4) is 0 Å². The Kier molecular flexibility index (Phi) is 5.60. The molecule has 2 aromatic rings. The number of carbonyl (C=O) groups is 2. The van der Waals surface area contributed by atoms with Gasteiger partial charge in [0.05, 0.1) is 22.8 Å². The van der Waals surface area contributed by atoms with Crippen LogP contribution >= 0.6 is 0 Å². The summed E-state index contributed by atoms with van der Waals surface area (Å²) in [5.41, 5.74) is 0.285. The van der Waals surface area contributed by atoms with Crippen LogP contribution in [0.5, 0.6) is 5.75 Å². The summed E-state index contributed by atoms with van der Waals surface area (Å²) in [6.07, 6.45) is 2.11. The minimum atomic E-state index is -1.58. The summed E-state index contributed by atoms with van der Waals surface area (Å²) in [6, 6.07) is 2.94. The van der Waals surface area contributed by atoms with Crippen LogP contribution in [-0.4, -0.2) is 52.8 Å². The number of rotatable bonds is 5. The number of anilines is 1. The van der Waals surface area contributed by atoms with Crippen LogP contribution < -0.4 is 15.1 Å². The molecule has 31 heavy (non-hydrogen) atoms. The van der Waals surface area contributed by atoms with E-state index in [1.54, 1.807) is 10.6 Å². The number of aromatic nitrogens is 1. The second-order valence-electron chi connectivity index (χ2n) is 8.62. The molecule has 9 heteroatoms. The topological polar surface area (TPSA) is 92.1 Å². The number of fused-ring (bicyclic) bond motifs is 1. The second-order valence-corrected chi connectivity index (χ2v) is 8.62. The van der Waals surface area contributed by atoms with Gasteiger partial charge in [0.25, 0.3) is 0 Å². The zero-order valence-corrected chi connectivity index (χ0v) is 17.6. The van der Waals surface area contributed by atoms with Crippen LogP contribution in [-0.2, 0) is 4.79 Å². The highest BCUT2D eigenvalue weighted by atomic mass is 19.1. The largest absolute Gasteiger partial charge is 0.511 e. The molecule has 4 rings (SSSR count). The van der Waals surface area contributed by atoms with Crippen molar-refractivity contribution < 1.29 is 23.8 Å². The highest BCUT2D eigenvalue weighted by molar-refractivity contribution is 5.85. The van der Waals surface area contributed by atoms with Crippen molar-refractivity contribution in [2.75, 3.05) is 31.1 Å². The average molecular weight is 431 g/mol. The van der Waals surface area contributed by atoms with Gasteiger partial charge in [0, 0.05) is 38.6 Å². The molecule has 1 amide bonds. The van der Waals surface area contributed by atoms with Gasteiger partial charge in [-0.1, -0.05) is 13.8 Å². The zero-order chi connectivity index (χ0) is 22.3. The van der Waals surface area contributed by atoms with Crippen molar-refractivity contribution >= 4 is 28.7 Å². The Morgan fingerprint density at radius 2 is 1.87 bits per heavy atom. The van der Waals surface area contributed by atoms with Crippen LogP contribution in [0.25, 0.3) is 10.9 Å². The molecule has 2 aliphatic rings. The van der Waals surface area contributed by atoms with Crippen LogP contribution in [0.4, 0.5) is 14.9 Å². The molecule has 1 aromatic heterocycles. The molecule has 1 aliphatic carbocycles. The van der Waals surface area contributed by atoms with Crippen molar-refractivity contribution in [2.24, 2.45) is 5.92 Å². The van der Waals surface area contributed by atoms with Gasteiger partial charge >= 0.3 is 6.16 Å². The third-order valence-corrected chi connectivity index (χ3v) is 5.76. The first-order valence-corrected chi connectivity index (χ1v) is 10.6. The number of hydrogen-bond donors (Lipinski definition) is 1. The molecule has 0 atom stereocenters. The number of ether oxygens (including phenoxy) is 1. The lowest BCUT2D eigenvalue weighted by atomic mass is 10.1. The van der Waals surface area contributed by atoms with Crippen LogP contribution in [0.1, 0.15) is 39.2 Å². The molecule has 8 nitrogen and oxygen atoms in total. The fourth-order valence-electron chi connectivity index (χ4n) is 4.07. The lowest BCUT2D eigenvalue weighted by Crippen LogP contribution is -2.49. The van der Waals surface area contributed by atoms with E-state index in [1.165, 1.54) is 6.20 Å². The van der Waals surface area contributed by atoms with Crippen molar-refractivity contribution in [1.82, 2.24) is 9.47 Å². The quantitative estimate of drug-likeness (QED) is 0.731. The smallest absolute Gasteiger partial charge is 0.449 e. The average Bonchev–Trinajstić information content (AvgIpc) is 3.54. The minimum absolute atomic E-state index is 0.0950. The van der Waals surface area contributed by atoms with E-state index in [9.17, 15) is 14.4 Å². The molecule has 2 heterocycles. The Morgan fingerprint density at radius 1 is 1.19 bits per heavy atom. The molecule has 1 aromatic carbocycles. The normalized spacial score (nSPS) is 16.8. The first-order chi connectivity index (χ1) is 14.7.